The van der Waals surface area contributed by atoms with E-state index in [1.54, 1.807) is 0 Å². The van der Waals surface area contributed by atoms with Gasteiger partial charge in [0.15, 0.2) is 0 Å². The molecule has 0 amide bonds. The van der Waals surface area contributed by atoms with E-state index in [2.05, 4.69) is 0 Å². The van der Waals surface area contributed by atoms with Crippen molar-refractivity contribution < 1.29 is 21.9 Å². The first-order valence-corrected chi connectivity index (χ1v) is 0.548. The third kappa shape index (κ3) is 154. The third-order valence-corrected chi connectivity index (χ3v) is 0. The van der Waals surface area contributed by atoms with E-state index in [0.717, 1.165) is 0 Å². The standard InChI is InChI=1S/Co.NO3.Pb.2H/c;2-1(3)4;;;/q;-1;;;. The van der Waals surface area contributed by atoms with Crippen molar-refractivity contribution in [1.29, 1.82) is 0 Å². The first-order valence-electron chi connectivity index (χ1n) is 0.548. The average Bonchev–Trinajstić information content (AvgIpc) is 0.811. The van der Waals surface area contributed by atoms with E-state index in [4.69, 9.17) is 15.3 Å². The van der Waals surface area contributed by atoms with E-state index in [1.807, 2.05) is 0 Å². The van der Waals surface area contributed by atoms with Crippen molar-refractivity contribution in [2.75, 3.05) is 0 Å². The van der Waals surface area contributed by atoms with Crippen LogP contribution in [-0.4, -0.2) is 32.4 Å². The first-order chi connectivity index (χ1) is 1.73. The van der Waals surface area contributed by atoms with Crippen LogP contribution in [0.3, 0.4) is 0 Å². The quantitative estimate of drug-likeness (QED) is 0.320. The van der Waals surface area contributed by atoms with E-state index in [0.29, 0.717) is 0 Å². The van der Waals surface area contributed by atoms with Crippen molar-refractivity contribution in [2.45, 2.75) is 0 Å². The fourth-order valence-electron chi connectivity index (χ4n) is 0. The van der Waals surface area contributed by atoms with Crippen molar-refractivity contribution in [3.05, 3.63) is 15.3 Å². The molecule has 0 spiro atoms. The minimum atomic E-state index is -1.75. The van der Waals surface area contributed by atoms with Crippen LogP contribution in [0, 0.1) is 15.3 Å². The zero-order valence-corrected chi connectivity index (χ0v) is 9.25. The van der Waals surface area contributed by atoms with E-state index in [-0.39, 0.29) is 44.1 Å². The molecule has 0 aliphatic heterocycles. The maximum atomic E-state index is 8.25. The van der Waals surface area contributed by atoms with Crippen molar-refractivity contribution in [2.24, 2.45) is 0 Å². The van der Waals surface area contributed by atoms with E-state index in [1.165, 1.54) is 0 Å². The molecule has 0 aromatic carbocycles. The Morgan fingerprint density at radius 3 is 1.33 bits per heavy atom. The number of nitrogens with zero attached hydrogens (tertiary/aromatic N) is 1. The van der Waals surface area contributed by atoms with Crippen LogP contribution in [0.5, 0.6) is 0 Å². The fraction of sp³-hybridized carbons (Fsp3) is 0. The summed E-state index contributed by atoms with van der Waals surface area (Å²) >= 11 is 0. The second-order valence-corrected chi connectivity index (χ2v) is 0.224. The molecule has 0 fully saturated rings. The molecular formula is H2CoNO3Pb-. The van der Waals surface area contributed by atoms with E-state index < -0.39 is 5.09 Å². The van der Waals surface area contributed by atoms with Gasteiger partial charge in [-0.15, -0.1) is 0 Å². The minimum absolute atomic E-state index is 0. The number of rotatable bonds is 0. The summed E-state index contributed by atoms with van der Waals surface area (Å²) in [6.07, 6.45) is 0. The predicted molar refractivity (Wildman–Crippen MR) is 18.9 cm³/mol. The van der Waals surface area contributed by atoms with Crippen LogP contribution < -0.4 is 0 Å². The molecule has 0 saturated carbocycles. The van der Waals surface area contributed by atoms with Gasteiger partial charge >= 0.3 is 27.3 Å². The van der Waals surface area contributed by atoms with Gasteiger partial charge in [-0.25, -0.2) is 0 Å². The maximum absolute atomic E-state index is 8.25. The Kier molecular flexibility index (Phi) is 24.3. The van der Waals surface area contributed by atoms with Gasteiger partial charge in [-0.1, -0.05) is 0 Å². The number of hydrogen-bond acceptors (Lipinski definition) is 3. The Bertz CT molecular complexity index is 33.8. The van der Waals surface area contributed by atoms with Gasteiger partial charge in [0.1, 0.15) is 0 Å². The first kappa shape index (κ1) is 15.9. The van der Waals surface area contributed by atoms with Gasteiger partial charge in [-0.2, -0.15) is 0 Å². The van der Waals surface area contributed by atoms with E-state index >= 15 is 0 Å². The molecule has 0 atom stereocenters. The van der Waals surface area contributed by atoms with Gasteiger partial charge < -0.3 is 15.3 Å². The number of hydrogen-bond donors (Lipinski definition) is 0. The van der Waals surface area contributed by atoms with Gasteiger partial charge in [-0.3, -0.25) is 0 Å². The Morgan fingerprint density at radius 1 is 1.33 bits per heavy atom. The molecule has 6 heteroatoms. The Labute approximate surface area is 64.4 Å². The molecule has 0 rings (SSSR count). The Hall–Kier alpha value is 0.629. The second-order valence-electron chi connectivity index (χ2n) is 0.224. The molecule has 0 aromatic heterocycles. The van der Waals surface area contributed by atoms with Gasteiger partial charge in [0.25, 0.3) is 0 Å². The van der Waals surface area contributed by atoms with Crippen LogP contribution in [0.2, 0.25) is 0 Å². The van der Waals surface area contributed by atoms with Crippen molar-refractivity contribution >= 4 is 27.3 Å². The summed E-state index contributed by atoms with van der Waals surface area (Å²) in [6, 6.07) is 0. The van der Waals surface area contributed by atoms with Crippen LogP contribution in [0.15, 0.2) is 0 Å². The van der Waals surface area contributed by atoms with Gasteiger partial charge in [0.05, 0.1) is 5.09 Å². The molecule has 0 aromatic rings. The zero-order valence-electron chi connectivity index (χ0n) is 2.71. The monoisotopic (exact) mass is 331 g/mol. The molecule has 0 aliphatic carbocycles. The molecule has 4 nitrogen and oxygen atoms in total. The summed E-state index contributed by atoms with van der Waals surface area (Å²) in [4.78, 5) is 8.25. The molecule has 0 N–H and O–H groups in total. The molecule has 3 radical (unpaired) electrons. The Morgan fingerprint density at radius 2 is 1.33 bits per heavy atom. The predicted octanol–water partition coefficient (Wildman–Crippen LogP) is -1.16. The molecule has 0 heterocycles. The summed E-state index contributed by atoms with van der Waals surface area (Å²) in [5.74, 6) is 0. The van der Waals surface area contributed by atoms with Crippen LogP contribution >= 0.6 is 0 Å². The van der Waals surface area contributed by atoms with Crippen molar-refractivity contribution in [3.8, 4) is 0 Å². The van der Waals surface area contributed by atoms with Crippen LogP contribution in [0.1, 0.15) is 0 Å². The average molecular weight is 330 g/mol. The summed E-state index contributed by atoms with van der Waals surface area (Å²) < 4.78 is 0. The molecule has 0 bridgehead atoms. The Balaban J connectivity index is -0.0000000450. The third-order valence-electron chi connectivity index (χ3n) is 0. The van der Waals surface area contributed by atoms with E-state index in [9.17, 15) is 0 Å². The summed E-state index contributed by atoms with van der Waals surface area (Å²) in [6.45, 7) is 0. The second kappa shape index (κ2) is 9.16. The molecular weight excluding hydrogens is 328 g/mol. The van der Waals surface area contributed by atoms with Crippen LogP contribution in [0.4, 0.5) is 0 Å². The normalized spacial score (nSPS) is 4.00. The summed E-state index contributed by atoms with van der Waals surface area (Å²) in [7, 11) is 0. The zero-order chi connectivity index (χ0) is 3.58. The molecule has 39 valence electrons. The van der Waals surface area contributed by atoms with Crippen molar-refractivity contribution in [1.82, 2.24) is 0 Å². The molecule has 0 unspecified atom stereocenters. The summed E-state index contributed by atoms with van der Waals surface area (Å²) in [5, 5.41) is 14.8. The summed E-state index contributed by atoms with van der Waals surface area (Å²) in [5.41, 5.74) is 0. The van der Waals surface area contributed by atoms with Crippen molar-refractivity contribution in [3.63, 3.8) is 0 Å². The molecule has 0 aliphatic rings. The van der Waals surface area contributed by atoms with Crippen LogP contribution in [0.25, 0.3) is 0 Å². The van der Waals surface area contributed by atoms with Crippen LogP contribution in [-0.2, 0) is 16.8 Å². The SMILES string of the molecule is O=[N+]([O-])[O-].[Co].[PbH2]. The fourth-order valence-corrected chi connectivity index (χ4v) is 0. The van der Waals surface area contributed by atoms with Gasteiger partial charge in [0.2, 0.25) is 0 Å². The van der Waals surface area contributed by atoms with Gasteiger partial charge in [0, 0.05) is 16.8 Å². The topological polar surface area (TPSA) is 66.2 Å². The van der Waals surface area contributed by atoms with Gasteiger partial charge in [-0.05, 0) is 0 Å². The molecule has 0 saturated heterocycles. The molecule has 6 heavy (non-hydrogen) atoms.